The van der Waals surface area contributed by atoms with E-state index in [0.29, 0.717) is 0 Å². The molecule has 0 bridgehead atoms. The highest BCUT2D eigenvalue weighted by Crippen LogP contribution is 2.63. The van der Waals surface area contributed by atoms with E-state index in [4.69, 9.17) is 0 Å². The summed E-state index contributed by atoms with van der Waals surface area (Å²) >= 11 is 0. The third-order valence-corrected chi connectivity index (χ3v) is 5.69. The molecular weight excluding hydrogens is 287 g/mol. The highest BCUT2D eigenvalue weighted by molar-refractivity contribution is 7.55. The Morgan fingerprint density at radius 2 is 1.47 bits per heavy atom. The summed E-state index contributed by atoms with van der Waals surface area (Å²) in [5.41, 5.74) is -3.40. The predicted octanol–water partition coefficient (Wildman–Crippen LogP) is 4.71. The minimum Gasteiger partial charge on any atom is -0.312 e. The van der Waals surface area contributed by atoms with Gasteiger partial charge in [0.15, 0.2) is 0 Å². The summed E-state index contributed by atoms with van der Waals surface area (Å²) in [4.78, 5) is 0. The summed E-state index contributed by atoms with van der Waals surface area (Å²) in [7, 11) is -1.68. The maximum Gasteiger partial charge on any atom is 0.422 e. The molecule has 0 saturated carbocycles. The fourth-order valence-electron chi connectivity index (χ4n) is 2.08. The second-order valence-corrected chi connectivity index (χ2v) is 8.00. The molecule has 0 N–H and O–H groups in total. The predicted molar refractivity (Wildman–Crippen MR) is 65.1 cm³/mol. The van der Waals surface area contributed by atoms with Crippen LogP contribution in [0.5, 0.6) is 0 Å². The van der Waals surface area contributed by atoms with Gasteiger partial charge in [-0.25, -0.2) is 4.39 Å². The zero-order valence-electron chi connectivity index (χ0n) is 11.8. The molecule has 0 amide bonds. The van der Waals surface area contributed by atoms with Crippen LogP contribution >= 0.6 is 7.60 Å². The highest BCUT2D eigenvalue weighted by Gasteiger charge is 2.60. The summed E-state index contributed by atoms with van der Waals surface area (Å²) in [5, 5.41) is -1.59. The second-order valence-electron chi connectivity index (χ2n) is 5.06. The maximum atomic E-state index is 14.2. The largest absolute Gasteiger partial charge is 0.422 e. The summed E-state index contributed by atoms with van der Waals surface area (Å²) in [5.74, 6) is 0. The van der Waals surface area contributed by atoms with Crippen LogP contribution < -0.4 is 0 Å². The minimum atomic E-state index is -5.02. The lowest BCUT2D eigenvalue weighted by Crippen LogP contribution is -2.46. The Hall–Kier alpha value is -0.130. The van der Waals surface area contributed by atoms with Gasteiger partial charge in [0.2, 0.25) is 5.67 Å². The molecule has 0 spiro atoms. The van der Waals surface area contributed by atoms with Crippen molar-refractivity contribution in [3.63, 3.8) is 0 Å². The van der Waals surface area contributed by atoms with Gasteiger partial charge >= 0.3 is 13.8 Å². The van der Waals surface area contributed by atoms with Crippen LogP contribution in [0.4, 0.5) is 17.6 Å². The van der Waals surface area contributed by atoms with Crippen molar-refractivity contribution >= 4 is 7.60 Å². The van der Waals surface area contributed by atoms with E-state index in [-0.39, 0.29) is 6.42 Å². The first kappa shape index (κ1) is 18.9. The SMILES string of the molecule is CCCC(F)(CC(C)(C)P(=O)(OC)OC)C(F)(F)F. The van der Waals surface area contributed by atoms with Gasteiger partial charge in [-0.15, -0.1) is 0 Å². The maximum absolute atomic E-state index is 14.2. The zero-order chi connectivity index (χ0) is 15.5. The minimum absolute atomic E-state index is 0.0242. The van der Waals surface area contributed by atoms with E-state index in [9.17, 15) is 22.1 Å². The monoisotopic (exact) mass is 308 g/mol. The van der Waals surface area contributed by atoms with Crippen LogP contribution in [-0.2, 0) is 13.6 Å². The first-order chi connectivity index (χ1) is 8.39. The second kappa shape index (κ2) is 6.10. The Morgan fingerprint density at radius 1 is 1.05 bits per heavy atom. The van der Waals surface area contributed by atoms with E-state index in [1.54, 1.807) is 0 Å². The van der Waals surface area contributed by atoms with E-state index >= 15 is 0 Å². The molecule has 8 heteroatoms. The van der Waals surface area contributed by atoms with E-state index < -0.39 is 37.4 Å². The van der Waals surface area contributed by atoms with E-state index in [2.05, 4.69) is 9.05 Å². The Bertz CT molecular complexity index is 335. The Labute approximate surface area is 111 Å². The summed E-state index contributed by atoms with van der Waals surface area (Å²) in [6, 6.07) is 0. The molecule has 0 aliphatic carbocycles. The van der Waals surface area contributed by atoms with Crippen molar-refractivity contribution in [2.45, 2.75) is 57.0 Å². The van der Waals surface area contributed by atoms with Crippen LogP contribution in [0.3, 0.4) is 0 Å². The lowest BCUT2D eigenvalue weighted by atomic mass is 9.89. The van der Waals surface area contributed by atoms with Crippen LogP contribution in [0.1, 0.15) is 40.0 Å². The third kappa shape index (κ3) is 3.92. The highest BCUT2D eigenvalue weighted by atomic mass is 31.2. The van der Waals surface area contributed by atoms with E-state index in [1.165, 1.54) is 20.8 Å². The number of hydrogen-bond acceptors (Lipinski definition) is 3. The summed E-state index contributed by atoms with van der Waals surface area (Å²) < 4.78 is 74.4. The first-order valence-corrected chi connectivity index (χ1v) is 7.40. The Morgan fingerprint density at radius 3 is 1.74 bits per heavy atom. The molecule has 0 aromatic heterocycles. The average Bonchev–Trinajstić information content (AvgIpc) is 2.25. The van der Waals surface area contributed by atoms with Crippen LogP contribution in [-0.4, -0.2) is 31.2 Å². The van der Waals surface area contributed by atoms with Gasteiger partial charge in [0, 0.05) is 20.6 Å². The number of alkyl halides is 4. The van der Waals surface area contributed by atoms with Gasteiger partial charge in [-0.1, -0.05) is 13.3 Å². The van der Waals surface area contributed by atoms with Gasteiger partial charge in [-0.3, -0.25) is 4.57 Å². The molecule has 0 saturated heterocycles. The Balaban J connectivity index is 5.42. The van der Waals surface area contributed by atoms with Crippen molar-refractivity contribution in [3.05, 3.63) is 0 Å². The van der Waals surface area contributed by atoms with Crippen LogP contribution in [0.15, 0.2) is 0 Å². The van der Waals surface area contributed by atoms with Gasteiger partial charge in [0.25, 0.3) is 0 Å². The van der Waals surface area contributed by atoms with Gasteiger partial charge in [-0.05, 0) is 20.3 Å². The van der Waals surface area contributed by atoms with Crippen LogP contribution in [0.2, 0.25) is 0 Å². The van der Waals surface area contributed by atoms with Crippen molar-refractivity contribution in [2.75, 3.05) is 14.2 Å². The van der Waals surface area contributed by atoms with Gasteiger partial charge < -0.3 is 9.05 Å². The van der Waals surface area contributed by atoms with E-state index in [1.807, 2.05) is 0 Å². The third-order valence-electron chi connectivity index (χ3n) is 3.09. The normalized spacial score (nSPS) is 17.3. The molecule has 0 rings (SSSR count). The van der Waals surface area contributed by atoms with E-state index in [0.717, 1.165) is 14.2 Å². The molecule has 0 aromatic carbocycles. The fourth-order valence-corrected chi connectivity index (χ4v) is 3.66. The summed E-state index contributed by atoms with van der Waals surface area (Å²) in [6.45, 7) is 3.95. The smallest absolute Gasteiger partial charge is 0.312 e. The fraction of sp³-hybridized carbons (Fsp3) is 1.00. The lowest BCUT2D eigenvalue weighted by molar-refractivity contribution is -0.237. The summed E-state index contributed by atoms with van der Waals surface area (Å²) in [6.07, 6.45) is -6.66. The molecule has 0 aliphatic heterocycles. The Kier molecular flexibility index (Phi) is 6.06. The van der Waals surface area contributed by atoms with Crippen LogP contribution in [0, 0.1) is 0 Å². The number of halogens is 4. The number of rotatable bonds is 7. The van der Waals surface area contributed by atoms with Gasteiger partial charge in [0.1, 0.15) is 0 Å². The standard InChI is InChI=1S/C11H21F4O3P/c1-6-7-10(12,11(13,14)15)8-9(2,3)19(16,17-4)18-5/h6-8H2,1-5H3. The molecule has 19 heavy (non-hydrogen) atoms. The van der Waals surface area contributed by atoms with Crippen LogP contribution in [0.25, 0.3) is 0 Å². The molecule has 3 nitrogen and oxygen atoms in total. The quantitative estimate of drug-likeness (QED) is 0.504. The molecule has 0 heterocycles. The van der Waals surface area contributed by atoms with Gasteiger partial charge in [-0.2, -0.15) is 13.2 Å². The van der Waals surface area contributed by atoms with Crippen molar-refractivity contribution < 1.29 is 31.2 Å². The van der Waals surface area contributed by atoms with Crippen molar-refractivity contribution in [1.29, 1.82) is 0 Å². The molecule has 1 atom stereocenters. The molecule has 116 valence electrons. The van der Waals surface area contributed by atoms with Gasteiger partial charge in [0.05, 0.1) is 5.16 Å². The van der Waals surface area contributed by atoms with Crippen molar-refractivity contribution in [3.8, 4) is 0 Å². The molecule has 1 unspecified atom stereocenters. The van der Waals surface area contributed by atoms with Crippen molar-refractivity contribution in [1.82, 2.24) is 0 Å². The molecule has 0 fully saturated rings. The molecule has 0 radical (unpaired) electrons. The topological polar surface area (TPSA) is 35.5 Å². The first-order valence-electron chi connectivity index (χ1n) is 5.86. The zero-order valence-corrected chi connectivity index (χ0v) is 12.7. The molecule has 0 aromatic rings. The lowest BCUT2D eigenvalue weighted by Gasteiger charge is -2.38. The molecular formula is C11H21F4O3P. The van der Waals surface area contributed by atoms with Crippen molar-refractivity contribution in [2.24, 2.45) is 0 Å². The number of hydrogen-bond donors (Lipinski definition) is 0. The average molecular weight is 308 g/mol. The molecule has 0 aliphatic rings.